The molecule has 1 amide bonds. The van der Waals surface area contributed by atoms with Gasteiger partial charge >= 0.3 is 0 Å². The van der Waals surface area contributed by atoms with Crippen LogP contribution in [-0.2, 0) is 4.79 Å². The van der Waals surface area contributed by atoms with Gasteiger partial charge in [-0.05, 0) is 48.0 Å². The van der Waals surface area contributed by atoms with Crippen LogP contribution < -0.4 is 10.1 Å². The Hall–Kier alpha value is -2.88. The van der Waals surface area contributed by atoms with E-state index in [0.717, 1.165) is 11.3 Å². The van der Waals surface area contributed by atoms with Gasteiger partial charge in [0, 0.05) is 17.7 Å². The number of nitrogens with one attached hydrogen (secondary N) is 1. The highest BCUT2D eigenvalue weighted by Crippen LogP contribution is 2.14. The number of ketones is 1. The number of hydrogen-bond acceptors (Lipinski definition) is 3. The summed E-state index contributed by atoms with van der Waals surface area (Å²) < 4.78 is 5.09. The number of ether oxygens (including phenoxy) is 1. The smallest absolute Gasteiger partial charge is 0.224 e. The van der Waals surface area contributed by atoms with Crippen LogP contribution in [0.3, 0.4) is 0 Å². The van der Waals surface area contributed by atoms with E-state index in [1.165, 1.54) is 6.08 Å². The van der Waals surface area contributed by atoms with Crippen LogP contribution in [0.1, 0.15) is 29.3 Å². The third-order valence-corrected chi connectivity index (χ3v) is 3.32. The lowest BCUT2D eigenvalue weighted by atomic mass is 10.1. The van der Waals surface area contributed by atoms with E-state index in [9.17, 15) is 9.59 Å². The topological polar surface area (TPSA) is 55.4 Å². The van der Waals surface area contributed by atoms with Crippen molar-refractivity contribution in [3.05, 3.63) is 65.7 Å². The maximum absolute atomic E-state index is 12.1. The van der Waals surface area contributed by atoms with E-state index >= 15 is 0 Å². The van der Waals surface area contributed by atoms with E-state index in [1.807, 2.05) is 24.3 Å². The second kappa shape index (κ2) is 7.94. The van der Waals surface area contributed by atoms with Crippen molar-refractivity contribution >= 4 is 23.5 Å². The van der Waals surface area contributed by atoms with E-state index in [-0.39, 0.29) is 11.7 Å². The van der Waals surface area contributed by atoms with Crippen LogP contribution in [0, 0.1) is 0 Å². The summed E-state index contributed by atoms with van der Waals surface area (Å²) in [5, 5.41) is 2.75. The zero-order valence-corrected chi connectivity index (χ0v) is 13.2. The van der Waals surface area contributed by atoms with Crippen LogP contribution in [0.25, 0.3) is 6.08 Å². The first-order valence-corrected chi connectivity index (χ1v) is 7.38. The standard InChI is InChI=1S/C19H19NO3/c1-3-19(22)20-16-9-7-15(8-10-16)18(21)13-6-14-4-11-17(23-2)12-5-14/h4-13H,3H2,1-2H3,(H,20,22). The minimum atomic E-state index is -0.0887. The predicted octanol–water partition coefficient (Wildman–Crippen LogP) is 3.94. The summed E-state index contributed by atoms with van der Waals surface area (Å²) >= 11 is 0. The Balaban J connectivity index is 2.02. The first kappa shape index (κ1) is 16.5. The van der Waals surface area contributed by atoms with E-state index in [4.69, 9.17) is 4.74 Å². The fourth-order valence-electron chi connectivity index (χ4n) is 1.95. The molecule has 2 rings (SSSR count). The monoisotopic (exact) mass is 309 g/mol. The normalized spacial score (nSPS) is 10.5. The van der Waals surface area contributed by atoms with Crippen molar-refractivity contribution < 1.29 is 14.3 Å². The zero-order valence-electron chi connectivity index (χ0n) is 13.2. The highest BCUT2D eigenvalue weighted by Gasteiger charge is 2.03. The number of methoxy groups -OCH3 is 1. The number of anilines is 1. The van der Waals surface area contributed by atoms with Gasteiger partial charge in [-0.3, -0.25) is 9.59 Å². The lowest BCUT2D eigenvalue weighted by Crippen LogP contribution is -2.09. The average molecular weight is 309 g/mol. The summed E-state index contributed by atoms with van der Waals surface area (Å²) in [7, 11) is 1.61. The molecule has 0 unspecified atom stereocenters. The molecule has 1 N–H and O–H groups in total. The van der Waals surface area contributed by atoms with Gasteiger partial charge in [0.25, 0.3) is 0 Å². The molecule has 0 spiro atoms. The zero-order chi connectivity index (χ0) is 16.7. The summed E-state index contributed by atoms with van der Waals surface area (Å²) in [4.78, 5) is 23.4. The third-order valence-electron chi connectivity index (χ3n) is 3.32. The van der Waals surface area contributed by atoms with E-state index in [0.29, 0.717) is 17.7 Å². The highest BCUT2D eigenvalue weighted by molar-refractivity contribution is 6.07. The van der Waals surface area contributed by atoms with E-state index < -0.39 is 0 Å². The molecule has 0 aliphatic rings. The second-order valence-corrected chi connectivity index (χ2v) is 4.95. The molecule has 0 radical (unpaired) electrons. The molecular weight excluding hydrogens is 290 g/mol. The molecule has 4 heteroatoms. The molecule has 2 aromatic carbocycles. The number of hydrogen-bond donors (Lipinski definition) is 1. The van der Waals surface area contributed by atoms with Gasteiger partial charge in [-0.15, -0.1) is 0 Å². The van der Waals surface area contributed by atoms with Crippen LogP contribution in [0.15, 0.2) is 54.6 Å². The lowest BCUT2D eigenvalue weighted by Gasteiger charge is -2.04. The molecule has 0 aliphatic carbocycles. The minimum absolute atomic E-state index is 0.0523. The van der Waals surface area contributed by atoms with Crippen molar-refractivity contribution in [2.45, 2.75) is 13.3 Å². The molecule has 0 saturated heterocycles. The Morgan fingerprint density at radius 3 is 2.26 bits per heavy atom. The Bertz CT molecular complexity index is 700. The first-order valence-electron chi connectivity index (χ1n) is 7.38. The summed E-state index contributed by atoms with van der Waals surface area (Å²) in [5.41, 5.74) is 2.18. The highest BCUT2D eigenvalue weighted by atomic mass is 16.5. The molecule has 118 valence electrons. The molecule has 0 aliphatic heterocycles. The molecule has 0 aromatic heterocycles. The van der Waals surface area contributed by atoms with Crippen LogP contribution in [0.5, 0.6) is 5.75 Å². The van der Waals surface area contributed by atoms with Gasteiger partial charge in [0.15, 0.2) is 5.78 Å². The van der Waals surface area contributed by atoms with Gasteiger partial charge in [0.1, 0.15) is 5.75 Å². The quantitative estimate of drug-likeness (QED) is 0.649. The van der Waals surface area contributed by atoms with E-state index in [1.54, 1.807) is 44.4 Å². The molecule has 0 heterocycles. The average Bonchev–Trinajstić information content (AvgIpc) is 2.60. The lowest BCUT2D eigenvalue weighted by molar-refractivity contribution is -0.115. The molecular formula is C19H19NO3. The maximum atomic E-state index is 12.1. The summed E-state index contributed by atoms with van der Waals surface area (Å²) in [6, 6.07) is 14.3. The van der Waals surface area contributed by atoms with Gasteiger partial charge < -0.3 is 10.1 Å². The fraction of sp³-hybridized carbons (Fsp3) is 0.158. The van der Waals surface area contributed by atoms with Gasteiger partial charge in [0.05, 0.1) is 7.11 Å². The van der Waals surface area contributed by atoms with Crippen LogP contribution in [0.4, 0.5) is 5.69 Å². The predicted molar refractivity (Wildman–Crippen MR) is 91.7 cm³/mol. The SMILES string of the molecule is CCC(=O)Nc1ccc(C(=O)C=Cc2ccc(OC)cc2)cc1. The fourth-order valence-corrected chi connectivity index (χ4v) is 1.95. The van der Waals surface area contributed by atoms with Gasteiger partial charge in [-0.25, -0.2) is 0 Å². The van der Waals surface area contributed by atoms with Gasteiger partial charge in [0.2, 0.25) is 5.91 Å². The number of carbonyl (C=O) groups excluding carboxylic acids is 2. The Labute approximate surface area is 135 Å². The third kappa shape index (κ3) is 4.81. The minimum Gasteiger partial charge on any atom is -0.497 e. The molecule has 0 bridgehead atoms. The molecule has 4 nitrogen and oxygen atoms in total. The summed E-state index contributed by atoms with van der Waals surface area (Å²) in [5.74, 6) is 0.635. The van der Waals surface area contributed by atoms with Crippen LogP contribution in [-0.4, -0.2) is 18.8 Å². The van der Waals surface area contributed by atoms with Gasteiger partial charge in [-0.1, -0.05) is 25.1 Å². The van der Waals surface area contributed by atoms with Crippen molar-refractivity contribution in [2.75, 3.05) is 12.4 Å². The number of carbonyl (C=O) groups is 2. The molecule has 0 saturated carbocycles. The van der Waals surface area contributed by atoms with Gasteiger partial charge in [-0.2, -0.15) is 0 Å². The Morgan fingerprint density at radius 2 is 1.70 bits per heavy atom. The number of rotatable bonds is 6. The number of benzene rings is 2. The van der Waals surface area contributed by atoms with Crippen LogP contribution >= 0.6 is 0 Å². The Kier molecular flexibility index (Phi) is 5.69. The number of amides is 1. The first-order chi connectivity index (χ1) is 11.1. The molecule has 0 fully saturated rings. The van der Waals surface area contributed by atoms with Crippen molar-refractivity contribution in [3.8, 4) is 5.75 Å². The Morgan fingerprint density at radius 1 is 1.04 bits per heavy atom. The van der Waals surface area contributed by atoms with Crippen molar-refractivity contribution in [1.29, 1.82) is 0 Å². The summed E-state index contributed by atoms with van der Waals surface area (Å²) in [6.07, 6.45) is 3.71. The molecule has 0 atom stereocenters. The maximum Gasteiger partial charge on any atom is 0.224 e. The largest absolute Gasteiger partial charge is 0.497 e. The molecule has 23 heavy (non-hydrogen) atoms. The molecule has 2 aromatic rings. The van der Waals surface area contributed by atoms with Crippen molar-refractivity contribution in [2.24, 2.45) is 0 Å². The van der Waals surface area contributed by atoms with Crippen molar-refractivity contribution in [1.82, 2.24) is 0 Å². The van der Waals surface area contributed by atoms with Crippen LogP contribution in [0.2, 0.25) is 0 Å². The second-order valence-electron chi connectivity index (χ2n) is 4.95. The van der Waals surface area contributed by atoms with E-state index in [2.05, 4.69) is 5.32 Å². The van der Waals surface area contributed by atoms with Crippen molar-refractivity contribution in [3.63, 3.8) is 0 Å². The number of allylic oxidation sites excluding steroid dienone is 1. The summed E-state index contributed by atoms with van der Waals surface area (Å²) in [6.45, 7) is 1.79.